The number of benzene rings is 1. The van der Waals surface area contributed by atoms with Crippen LogP contribution in [0.25, 0.3) is 0 Å². The molecule has 0 radical (unpaired) electrons. The number of carbonyl (C=O) groups is 1. The number of rotatable bonds is 8. The standard InChI is InChI=1S/C19H33NO3Si/c1-15(23-24(6,7)19(2,3)4)17(18(21)22-5)14-20-13-16-11-9-8-10-12-16/h8-12,15,17,20H,13-14H2,1-7H3/t15-,17-/m1/s1. The molecule has 0 amide bonds. The maximum absolute atomic E-state index is 12.2. The summed E-state index contributed by atoms with van der Waals surface area (Å²) in [5.74, 6) is -0.533. The smallest absolute Gasteiger partial charge is 0.312 e. The van der Waals surface area contributed by atoms with Gasteiger partial charge in [-0.15, -0.1) is 0 Å². The van der Waals surface area contributed by atoms with Gasteiger partial charge in [-0.3, -0.25) is 4.79 Å². The van der Waals surface area contributed by atoms with E-state index in [1.54, 1.807) is 0 Å². The van der Waals surface area contributed by atoms with Gasteiger partial charge in [0, 0.05) is 13.1 Å². The van der Waals surface area contributed by atoms with Crippen LogP contribution in [0, 0.1) is 5.92 Å². The Labute approximate surface area is 148 Å². The van der Waals surface area contributed by atoms with Gasteiger partial charge in [-0.2, -0.15) is 0 Å². The van der Waals surface area contributed by atoms with Crippen molar-refractivity contribution in [3.05, 3.63) is 35.9 Å². The lowest BCUT2D eigenvalue weighted by Gasteiger charge is -2.40. The molecule has 0 saturated carbocycles. The van der Waals surface area contributed by atoms with E-state index in [-0.39, 0.29) is 23.0 Å². The topological polar surface area (TPSA) is 47.6 Å². The van der Waals surface area contributed by atoms with E-state index in [0.29, 0.717) is 6.54 Å². The fraction of sp³-hybridized carbons (Fsp3) is 0.632. The van der Waals surface area contributed by atoms with E-state index in [1.165, 1.54) is 12.7 Å². The second-order valence-electron chi connectivity index (χ2n) is 7.83. The molecule has 0 heterocycles. The first-order chi connectivity index (χ1) is 11.1. The van der Waals surface area contributed by atoms with Crippen molar-refractivity contribution in [2.75, 3.05) is 13.7 Å². The van der Waals surface area contributed by atoms with Gasteiger partial charge >= 0.3 is 5.97 Å². The van der Waals surface area contributed by atoms with E-state index < -0.39 is 8.32 Å². The summed E-state index contributed by atoms with van der Waals surface area (Å²) >= 11 is 0. The monoisotopic (exact) mass is 351 g/mol. The molecule has 0 aliphatic heterocycles. The highest BCUT2D eigenvalue weighted by Gasteiger charge is 2.40. The number of ether oxygens (including phenoxy) is 1. The highest BCUT2D eigenvalue weighted by atomic mass is 28.4. The summed E-state index contributed by atoms with van der Waals surface area (Å²) in [6.07, 6.45) is -0.179. The maximum atomic E-state index is 12.2. The van der Waals surface area contributed by atoms with Crippen molar-refractivity contribution in [2.45, 2.75) is 58.5 Å². The van der Waals surface area contributed by atoms with E-state index in [0.717, 1.165) is 6.54 Å². The Hall–Kier alpha value is -1.17. The second-order valence-corrected chi connectivity index (χ2v) is 12.6. The summed E-state index contributed by atoms with van der Waals surface area (Å²) in [4.78, 5) is 12.2. The number of methoxy groups -OCH3 is 1. The Bertz CT molecular complexity index is 511. The molecule has 24 heavy (non-hydrogen) atoms. The summed E-state index contributed by atoms with van der Waals surface area (Å²) in [5.41, 5.74) is 1.19. The fourth-order valence-electron chi connectivity index (χ4n) is 2.28. The van der Waals surface area contributed by atoms with Gasteiger partial charge in [0.2, 0.25) is 0 Å². The van der Waals surface area contributed by atoms with E-state index >= 15 is 0 Å². The molecule has 5 heteroatoms. The van der Waals surface area contributed by atoms with Crippen molar-refractivity contribution in [1.82, 2.24) is 5.32 Å². The molecule has 1 rings (SSSR count). The molecule has 0 bridgehead atoms. The lowest BCUT2D eigenvalue weighted by molar-refractivity contribution is -0.148. The van der Waals surface area contributed by atoms with Crippen molar-refractivity contribution in [1.29, 1.82) is 0 Å². The number of esters is 1. The third-order valence-corrected chi connectivity index (χ3v) is 9.47. The molecule has 0 aromatic heterocycles. The quantitative estimate of drug-likeness (QED) is 0.568. The van der Waals surface area contributed by atoms with Crippen LogP contribution in [-0.2, 0) is 20.5 Å². The third-order valence-electron chi connectivity index (χ3n) is 4.89. The number of nitrogens with one attached hydrogen (secondary N) is 1. The first-order valence-electron chi connectivity index (χ1n) is 8.59. The first kappa shape index (κ1) is 20.9. The van der Waals surface area contributed by atoms with Crippen LogP contribution in [0.5, 0.6) is 0 Å². The highest BCUT2D eigenvalue weighted by Crippen LogP contribution is 2.38. The zero-order valence-corrected chi connectivity index (χ0v) is 17.2. The van der Waals surface area contributed by atoms with Crippen molar-refractivity contribution >= 4 is 14.3 Å². The number of hydrogen-bond acceptors (Lipinski definition) is 4. The van der Waals surface area contributed by atoms with Crippen molar-refractivity contribution in [3.63, 3.8) is 0 Å². The van der Waals surface area contributed by atoms with Crippen molar-refractivity contribution < 1.29 is 14.0 Å². The molecule has 0 unspecified atom stereocenters. The first-order valence-corrected chi connectivity index (χ1v) is 11.5. The molecular formula is C19H33NO3Si. The molecule has 136 valence electrons. The van der Waals surface area contributed by atoms with Gasteiger partial charge in [-0.1, -0.05) is 51.1 Å². The highest BCUT2D eigenvalue weighted by molar-refractivity contribution is 6.74. The SMILES string of the molecule is COC(=O)[C@H](CNCc1ccccc1)[C@@H](C)O[Si](C)(C)C(C)(C)C. The van der Waals surface area contributed by atoms with Gasteiger partial charge in [0.25, 0.3) is 0 Å². The molecule has 1 aromatic rings. The summed E-state index contributed by atoms with van der Waals surface area (Å²) in [6.45, 7) is 14.3. The van der Waals surface area contributed by atoms with Crippen molar-refractivity contribution in [3.8, 4) is 0 Å². The van der Waals surface area contributed by atoms with Gasteiger partial charge in [0.1, 0.15) is 0 Å². The molecule has 4 nitrogen and oxygen atoms in total. The van der Waals surface area contributed by atoms with Crippen LogP contribution in [0.2, 0.25) is 18.1 Å². The van der Waals surface area contributed by atoms with Crippen LogP contribution in [0.4, 0.5) is 0 Å². The maximum Gasteiger partial charge on any atom is 0.312 e. The Balaban J connectivity index is 2.69. The molecule has 0 saturated heterocycles. The van der Waals surface area contributed by atoms with E-state index in [4.69, 9.17) is 9.16 Å². The Morgan fingerprint density at radius 2 is 1.79 bits per heavy atom. The van der Waals surface area contributed by atoms with Crippen LogP contribution in [0.15, 0.2) is 30.3 Å². The molecule has 1 N–H and O–H groups in total. The van der Waals surface area contributed by atoms with Gasteiger partial charge in [-0.05, 0) is 30.6 Å². The molecular weight excluding hydrogens is 318 g/mol. The van der Waals surface area contributed by atoms with Gasteiger partial charge in [-0.25, -0.2) is 0 Å². The zero-order valence-electron chi connectivity index (χ0n) is 16.2. The Morgan fingerprint density at radius 1 is 1.21 bits per heavy atom. The minimum absolute atomic E-state index is 0.111. The average molecular weight is 352 g/mol. The Morgan fingerprint density at radius 3 is 2.29 bits per heavy atom. The van der Waals surface area contributed by atoms with Crippen LogP contribution in [-0.4, -0.2) is 34.0 Å². The van der Waals surface area contributed by atoms with E-state index in [2.05, 4.69) is 51.3 Å². The van der Waals surface area contributed by atoms with Crippen LogP contribution >= 0.6 is 0 Å². The largest absolute Gasteiger partial charge is 0.469 e. The number of hydrogen-bond donors (Lipinski definition) is 1. The minimum atomic E-state index is -1.93. The predicted octanol–water partition coefficient (Wildman–Crippen LogP) is 3.98. The van der Waals surface area contributed by atoms with Crippen LogP contribution < -0.4 is 5.32 Å². The molecule has 0 spiro atoms. The predicted molar refractivity (Wildman–Crippen MR) is 101 cm³/mol. The molecule has 1 aromatic carbocycles. The zero-order chi connectivity index (χ0) is 18.4. The molecule has 2 atom stereocenters. The summed E-state index contributed by atoms with van der Waals surface area (Å²) in [7, 11) is -0.492. The average Bonchev–Trinajstić information content (AvgIpc) is 2.50. The lowest BCUT2D eigenvalue weighted by atomic mass is 10.0. The molecule has 0 aliphatic carbocycles. The van der Waals surface area contributed by atoms with E-state index in [1.807, 2.05) is 25.1 Å². The second kappa shape index (κ2) is 8.79. The fourth-order valence-corrected chi connectivity index (χ4v) is 3.73. The van der Waals surface area contributed by atoms with Gasteiger partial charge in [0.15, 0.2) is 8.32 Å². The summed E-state index contributed by atoms with van der Waals surface area (Å²) < 4.78 is 11.4. The minimum Gasteiger partial charge on any atom is -0.469 e. The Kier molecular flexibility index (Phi) is 7.64. The molecule has 0 fully saturated rings. The summed E-state index contributed by atoms with van der Waals surface area (Å²) in [6, 6.07) is 10.2. The normalized spacial score (nSPS) is 15.0. The van der Waals surface area contributed by atoms with Crippen LogP contribution in [0.3, 0.4) is 0 Å². The molecule has 0 aliphatic rings. The van der Waals surface area contributed by atoms with Crippen molar-refractivity contribution in [2.24, 2.45) is 5.92 Å². The van der Waals surface area contributed by atoms with Crippen LogP contribution in [0.1, 0.15) is 33.3 Å². The van der Waals surface area contributed by atoms with Gasteiger partial charge in [0.05, 0.1) is 19.1 Å². The van der Waals surface area contributed by atoms with E-state index in [9.17, 15) is 4.79 Å². The summed E-state index contributed by atoms with van der Waals surface area (Å²) in [5, 5.41) is 3.47. The third kappa shape index (κ3) is 6.04. The number of carbonyl (C=O) groups excluding carboxylic acids is 1. The lowest BCUT2D eigenvalue weighted by Crippen LogP contribution is -2.48. The van der Waals surface area contributed by atoms with Gasteiger partial charge < -0.3 is 14.5 Å².